The summed E-state index contributed by atoms with van der Waals surface area (Å²) in [7, 11) is 1.57. The van der Waals surface area contributed by atoms with E-state index in [4.69, 9.17) is 26.8 Å². The summed E-state index contributed by atoms with van der Waals surface area (Å²) in [4.78, 5) is 11.2. The zero-order chi connectivity index (χ0) is 12.1. The highest BCUT2D eigenvalue weighted by Gasteiger charge is 2.12. The van der Waals surface area contributed by atoms with Crippen molar-refractivity contribution in [3.05, 3.63) is 26.3 Å². The quantitative estimate of drug-likeness (QED) is 0.650. The molecule has 1 amide bonds. The zero-order valence-electron chi connectivity index (χ0n) is 8.63. The van der Waals surface area contributed by atoms with Gasteiger partial charge in [0.2, 0.25) is 0 Å². The van der Waals surface area contributed by atoms with Crippen molar-refractivity contribution in [1.82, 2.24) is 0 Å². The number of ether oxygens (including phenoxy) is 2. The second-order valence-electron chi connectivity index (χ2n) is 2.97. The van der Waals surface area contributed by atoms with E-state index in [9.17, 15) is 4.79 Å². The van der Waals surface area contributed by atoms with E-state index >= 15 is 0 Å². The minimum absolute atomic E-state index is 0.279. The Bertz CT molecular complexity index is 398. The molecular weight excluding hydrogens is 344 g/mol. The Labute approximate surface area is 112 Å². The van der Waals surface area contributed by atoms with Gasteiger partial charge in [0.05, 0.1) is 17.2 Å². The molecule has 0 heterocycles. The fraction of sp³-hybridized carbons (Fsp3) is 0.300. The molecule has 0 unspecified atom stereocenters. The van der Waals surface area contributed by atoms with E-state index in [0.29, 0.717) is 24.0 Å². The van der Waals surface area contributed by atoms with Gasteiger partial charge in [-0.1, -0.05) is 11.6 Å². The number of hydrogen-bond acceptors (Lipinski definition) is 3. The van der Waals surface area contributed by atoms with Crippen molar-refractivity contribution in [1.29, 1.82) is 0 Å². The number of rotatable bonds is 5. The van der Waals surface area contributed by atoms with E-state index in [1.165, 1.54) is 6.07 Å². The Morgan fingerprint density at radius 3 is 2.75 bits per heavy atom. The van der Waals surface area contributed by atoms with Crippen molar-refractivity contribution in [2.45, 2.75) is 0 Å². The lowest BCUT2D eigenvalue weighted by atomic mass is 10.2. The monoisotopic (exact) mass is 355 g/mol. The minimum atomic E-state index is -0.564. The fourth-order valence-corrected chi connectivity index (χ4v) is 1.68. The Kier molecular flexibility index (Phi) is 5.30. The van der Waals surface area contributed by atoms with Gasteiger partial charge in [-0.25, -0.2) is 0 Å². The van der Waals surface area contributed by atoms with Crippen molar-refractivity contribution in [3.63, 3.8) is 0 Å². The minimum Gasteiger partial charge on any atom is -0.490 e. The van der Waals surface area contributed by atoms with E-state index in [1.807, 2.05) is 0 Å². The summed E-state index contributed by atoms with van der Waals surface area (Å²) < 4.78 is 11.0. The zero-order valence-corrected chi connectivity index (χ0v) is 11.5. The highest BCUT2D eigenvalue weighted by Crippen LogP contribution is 2.28. The molecule has 0 aliphatic carbocycles. The van der Waals surface area contributed by atoms with E-state index in [2.05, 4.69) is 22.6 Å². The Hall–Kier alpha value is -0.530. The molecular formula is C10H11ClINO3. The molecule has 1 aromatic carbocycles. The van der Waals surface area contributed by atoms with Gasteiger partial charge in [-0.2, -0.15) is 0 Å². The van der Waals surface area contributed by atoms with E-state index in [1.54, 1.807) is 13.2 Å². The third-order valence-electron chi connectivity index (χ3n) is 1.83. The van der Waals surface area contributed by atoms with Crippen molar-refractivity contribution >= 4 is 40.1 Å². The van der Waals surface area contributed by atoms with Crippen LogP contribution in [0.5, 0.6) is 5.75 Å². The number of carbonyl (C=O) groups excluding carboxylic acids is 1. The van der Waals surface area contributed by atoms with Crippen LogP contribution >= 0.6 is 34.2 Å². The van der Waals surface area contributed by atoms with Gasteiger partial charge in [-0.15, -0.1) is 0 Å². The van der Waals surface area contributed by atoms with Gasteiger partial charge >= 0.3 is 0 Å². The number of methoxy groups -OCH3 is 1. The van der Waals surface area contributed by atoms with Crippen LogP contribution in [0.4, 0.5) is 0 Å². The highest BCUT2D eigenvalue weighted by atomic mass is 127. The van der Waals surface area contributed by atoms with Crippen molar-refractivity contribution in [3.8, 4) is 5.75 Å². The largest absolute Gasteiger partial charge is 0.490 e. The molecule has 88 valence electrons. The number of amides is 1. The van der Waals surface area contributed by atoms with E-state index in [0.717, 1.165) is 3.57 Å². The molecule has 16 heavy (non-hydrogen) atoms. The maximum absolute atomic E-state index is 11.2. The topological polar surface area (TPSA) is 61.6 Å². The van der Waals surface area contributed by atoms with E-state index in [-0.39, 0.29) is 5.56 Å². The first-order valence-corrected chi connectivity index (χ1v) is 5.92. The average Bonchev–Trinajstić information content (AvgIpc) is 2.23. The molecule has 0 aliphatic rings. The third kappa shape index (κ3) is 3.50. The normalized spacial score (nSPS) is 10.2. The van der Waals surface area contributed by atoms with Gasteiger partial charge in [0.15, 0.2) is 0 Å². The molecule has 0 aliphatic heterocycles. The second kappa shape index (κ2) is 6.27. The summed E-state index contributed by atoms with van der Waals surface area (Å²) in [5, 5.41) is 0.480. The van der Waals surface area contributed by atoms with Gasteiger partial charge in [-0.05, 0) is 34.7 Å². The first kappa shape index (κ1) is 13.5. The van der Waals surface area contributed by atoms with Crippen LogP contribution in [0.1, 0.15) is 10.4 Å². The molecule has 0 saturated carbocycles. The van der Waals surface area contributed by atoms with Crippen LogP contribution in [0.25, 0.3) is 0 Å². The van der Waals surface area contributed by atoms with Crippen LogP contribution in [0.2, 0.25) is 5.02 Å². The van der Waals surface area contributed by atoms with Crippen molar-refractivity contribution in [2.75, 3.05) is 20.3 Å². The van der Waals surface area contributed by atoms with Crippen LogP contribution in [0, 0.1) is 3.57 Å². The Balaban J connectivity index is 2.95. The van der Waals surface area contributed by atoms with Gasteiger partial charge in [0, 0.05) is 10.7 Å². The van der Waals surface area contributed by atoms with Crippen LogP contribution < -0.4 is 10.5 Å². The summed E-state index contributed by atoms with van der Waals surface area (Å²) >= 11 is 7.95. The number of primary amides is 1. The molecule has 1 rings (SSSR count). The number of benzene rings is 1. The molecule has 2 N–H and O–H groups in total. The lowest BCUT2D eigenvalue weighted by molar-refractivity contribution is 0.0992. The summed E-state index contributed by atoms with van der Waals surface area (Å²) in [6.45, 7) is 0.798. The fourth-order valence-electron chi connectivity index (χ4n) is 1.08. The van der Waals surface area contributed by atoms with Gasteiger partial charge in [0.1, 0.15) is 12.4 Å². The van der Waals surface area contributed by atoms with Crippen molar-refractivity contribution < 1.29 is 14.3 Å². The maximum atomic E-state index is 11.2. The third-order valence-corrected chi connectivity index (χ3v) is 3.36. The van der Waals surface area contributed by atoms with Crippen LogP contribution in [-0.4, -0.2) is 26.2 Å². The van der Waals surface area contributed by atoms with E-state index < -0.39 is 5.91 Å². The Morgan fingerprint density at radius 1 is 1.50 bits per heavy atom. The number of halogens is 2. The second-order valence-corrected chi connectivity index (χ2v) is 4.54. The summed E-state index contributed by atoms with van der Waals surface area (Å²) in [5.41, 5.74) is 5.51. The molecule has 1 aromatic rings. The molecule has 0 fully saturated rings. The lowest BCUT2D eigenvalue weighted by Crippen LogP contribution is -2.14. The first-order valence-electron chi connectivity index (χ1n) is 4.47. The van der Waals surface area contributed by atoms with Gasteiger partial charge in [0.25, 0.3) is 5.91 Å². The number of carbonyl (C=O) groups is 1. The van der Waals surface area contributed by atoms with Gasteiger partial charge < -0.3 is 15.2 Å². The molecule has 0 bridgehead atoms. The number of hydrogen-bond donors (Lipinski definition) is 1. The van der Waals surface area contributed by atoms with Crippen LogP contribution in [0.15, 0.2) is 12.1 Å². The summed E-state index contributed by atoms with van der Waals surface area (Å²) in [6, 6.07) is 3.19. The first-order chi connectivity index (χ1) is 7.56. The predicted molar refractivity (Wildman–Crippen MR) is 70.1 cm³/mol. The molecule has 0 radical (unpaired) electrons. The summed E-state index contributed by atoms with van der Waals surface area (Å²) in [5.74, 6) is -0.135. The molecule has 0 aromatic heterocycles. The standard InChI is InChI=1S/C10H11ClINO3/c1-15-2-3-16-9-5-8(12)7(11)4-6(9)10(13)14/h4-5H,2-3H2,1H3,(H2,13,14). The smallest absolute Gasteiger partial charge is 0.252 e. The van der Waals surface area contributed by atoms with Crippen LogP contribution in [0.3, 0.4) is 0 Å². The highest BCUT2D eigenvalue weighted by molar-refractivity contribution is 14.1. The molecule has 4 nitrogen and oxygen atoms in total. The maximum Gasteiger partial charge on any atom is 0.252 e. The SMILES string of the molecule is COCCOc1cc(I)c(Cl)cc1C(N)=O. The average molecular weight is 356 g/mol. The van der Waals surface area contributed by atoms with Crippen LogP contribution in [-0.2, 0) is 4.74 Å². The molecule has 0 atom stereocenters. The lowest BCUT2D eigenvalue weighted by Gasteiger charge is -2.10. The molecule has 6 heteroatoms. The number of nitrogens with two attached hydrogens (primary N) is 1. The molecule has 0 spiro atoms. The molecule has 0 saturated heterocycles. The van der Waals surface area contributed by atoms with Gasteiger partial charge in [-0.3, -0.25) is 4.79 Å². The van der Waals surface area contributed by atoms with Crippen molar-refractivity contribution in [2.24, 2.45) is 5.73 Å². The predicted octanol–water partition coefficient (Wildman–Crippen LogP) is 2.07. The summed E-state index contributed by atoms with van der Waals surface area (Å²) in [6.07, 6.45) is 0. The Morgan fingerprint density at radius 2 is 2.19 bits per heavy atom.